The highest BCUT2D eigenvalue weighted by molar-refractivity contribution is 7.97. The molecule has 1 heterocycles. The molecule has 1 aromatic rings. The first-order valence-electron chi connectivity index (χ1n) is 7.55. The molecule has 1 atom stereocenters. The molecule has 0 aromatic heterocycles. The van der Waals surface area contributed by atoms with E-state index in [4.69, 9.17) is 4.74 Å². The number of halogens is 1. The van der Waals surface area contributed by atoms with Crippen LogP contribution in [0.25, 0.3) is 0 Å². The molecule has 0 spiro atoms. The number of hydrogen-bond donors (Lipinski definition) is 2. The topological polar surface area (TPSA) is 45.7 Å². The van der Waals surface area contributed by atoms with Crippen LogP contribution in [0.2, 0.25) is 0 Å². The largest absolute Gasteiger partial charge is 0.376 e. The van der Waals surface area contributed by atoms with Crippen molar-refractivity contribution in [2.45, 2.75) is 31.2 Å². The van der Waals surface area contributed by atoms with E-state index < -0.39 is 0 Å². The zero-order valence-corrected chi connectivity index (χ0v) is 14.0. The minimum Gasteiger partial charge on any atom is -0.376 e. The zero-order valence-electron chi connectivity index (χ0n) is 13.2. The number of rotatable bonds is 6. The maximum Gasteiger partial charge on any atom is 0.191 e. The molecule has 1 saturated heterocycles. The monoisotopic (exact) mass is 325 g/mol. The Morgan fingerprint density at radius 2 is 2.27 bits per heavy atom. The molecule has 1 fully saturated rings. The van der Waals surface area contributed by atoms with Crippen molar-refractivity contribution < 1.29 is 9.13 Å². The number of ether oxygens (including phenoxy) is 1. The summed E-state index contributed by atoms with van der Waals surface area (Å²) in [5.41, 5.74) is 2.12. The average Bonchev–Trinajstić information content (AvgIpc) is 3.03. The molecule has 0 amide bonds. The summed E-state index contributed by atoms with van der Waals surface area (Å²) in [4.78, 5) is 4.22. The molecule has 4 nitrogen and oxygen atoms in total. The van der Waals surface area contributed by atoms with E-state index in [9.17, 15) is 4.39 Å². The average molecular weight is 325 g/mol. The second kappa shape index (κ2) is 9.00. The molecule has 0 aliphatic carbocycles. The van der Waals surface area contributed by atoms with Gasteiger partial charge in [-0.25, -0.2) is 4.39 Å². The van der Waals surface area contributed by atoms with E-state index in [0.717, 1.165) is 48.8 Å². The smallest absolute Gasteiger partial charge is 0.191 e. The minimum atomic E-state index is -0.186. The van der Waals surface area contributed by atoms with Gasteiger partial charge in [0.15, 0.2) is 5.96 Å². The summed E-state index contributed by atoms with van der Waals surface area (Å²) in [6.07, 6.45) is 4.52. The van der Waals surface area contributed by atoms with Crippen LogP contribution in [0.4, 0.5) is 4.39 Å². The van der Waals surface area contributed by atoms with Gasteiger partial charge in [0.25, 0.3) is 0 Å². The van der Waals surface area contributed by atoms with Gasteiger partial charge in [-0.15, -0.1) is 0 Å². The quantitative estimate of drug-likeness (QED) is 0.623. The first-order chi connectivity index (χ1) is 10.7. The van der Waals surface area contributed by atoms with Crippen molar-refractivity contribution in [2.24, 2.45) is 4.99 Å². The molecule has 2 N–H and O–H groups in total. The van der Waals surface area contributed by atoms with Gasteiger partial charge in [-0.2, -0.15) is 11.8 Å². The lowest BCUT2D eigenvalue weighted by molar-refractivity contribution is 0.114. The van der Waals surface area contributed by atoms with Crippen molar-refractivity contribution in [1.29, 1.82) is 0 Å². The van der Waals surface area contributed by atoms with Gasteiger partial charge in [-0.05, 0) is 42.4 Å². The van der Waals surface area contributed by atoms with Gasteiger partial charge in [0.1, 0.15) is 5.82 Å². The molecule has 0 radical (unpaired) electrons. The highest BCUT2D eigenvalue weighted by Crippen LogP contribution is 2.16. The van der Waals surface area contributed by atoms with Gasteiger partial charge >= 0.3 is 0 Å². The fourth-order valence-electron chi connectivity index (χ4n) is 2.47. The second-order valence-corrected chi connectivity index (χ2v) is 6.15. The Hall–Kier alpha value is -1.27. The molecule has 1 aromatic carbocycles. The summed E-state index contributed by atoms with van der Waals surface area (Å²) in [5, 5.41) is 6.56. The predicted molar refractivity (Wildman–Crippen MR) is 90.8 cm³/mol. The third-order valence-electron chi connectivity index (χ3n) is 3.66. The predicted octanol–water partition coefficient (Wildman–Crippen LogP) is 2.53. The standard InChI is InChI=1S/C16H24FN3OS/c1-18-16(20-10-15-4-3-7-21-15)19-9-12-5-6-14(17)8-13(12)11-22-2/h5-6,8,15H,3-4,7,9-11H2,1-2H3,(H2,18,19,20). The van der Waals surface area contributed by atoms with E-state index in [1.165, 1.54) is 6.07 Å². The Morgan fingerprint density at radius 3 is 2.95 bits per heavy atom. The van der Waals surface area contributed by atoms with Gasteiger partial charge in [-0.1, -0.05) is 6.07 Å². The van der Waals surface area contributed by atoms with Crippen LogP contribution in [0, 0.1) is 5.82 Å². The van der Waals surface area contributed by atoms with E-state index in [1.807, 2.05) is 12.3 Å². The SMILES string of the molecule is CN=C(NCc1ccc(F)cc1CSC)NCC1CCCO1. The number of nitrogens with one attached hydrogen (secondary N) is 2. The fourth-order valence-corrected chi connectivity index (χ4v) is 3.05. The molecule has 1 aliphatic rings. The lowest BCUT2D eigenvalue weighted by atomic mass is 10.1. The van der Waals surface area contributed by atoms with Gasteiger partial charge in [-0.3, -0.25) is 4.99 Å². The summed E-state index contributed by atoms with van der Waals surface area (Å²) < 4.78 is 18.9. The number of nitrogens with zero attached hydrogens (tertiary/aromatic N) is 1. The highest BCUT2D eigenvalue weighted by atomic mass is 32.2. The molecule has 1 unspecified atom stereocenters. The summed E-state index contributed by atoms with van der Waals surface area (Å²) in [7, 11) is 1.75. The number of aliphatic imine (C=N–C) groups is 1. The first-order valence-corrected chi connectivity index (χ1v) is 8.94. The molecule has 0 bridgehead atoms. The number of benzene rings is 1. The summed E-state index contributed by atoms with van der Waals surface area (Å²) in [5.74, 6) is 1.36. The maximum atomic E-state index is 13.3. The third kappa shape index (κ3) is 5.18. The molecule has 0 saturated carbocycles. The van der Waals surface area contributed by atoms with E-state index in [2.05, 4.69) is 15.6 Å². The lowest BCUT2D eigenvalue weighted by Crippen LogP contribution is -2.40. The Bertz CT molecular complexity index is 504. The summed E-state index contributed by atoms with van der Waals surface area (Å²) in [6.45, 7) is 2.24. The van der Waals surface area contributed by atoms with Crippen LogP contribution in [-0.2, 0) is 17.0 Å². The summed E-state index contributed by atoms with van der Waals surface area (Å²) in [6, 6.07) is 4.95. The molecule has 122 valence electrons. The Balaban J connectivity index is 1.87. The maximum absolute atomic E-state index is 13.3. The van der Waals surface area contributed by atoms with Crippen LogP contribution >= 0.6 is 11.8 Å². The lowest BCUT2D eigenvalue weighted by Gasteiger charge is -2.16. The Kier molecular flexibility index (Phi) is 6.99. The normalized spacial score (nSPS) is 18.5. The van der Waals surface area contributed by atoms with Crippen molar-refractivity contribution in [1.82, 2.24) is 10.6 Å². The van der Waals surface area contributed by atoms with Crippen molar-refractivity contribution in [3.8, 4) is 0 Å². The van der Waals surface area contributed by atoms with Gasteiger partial charge < -0.3 is 15.4 Å². The van der Waals surface area contributed by atoms with Crippen LogP contribution in [-0.4, -0.2) is 38.5 Å². The second-order valence-electron chi connectivity index (χ2n) is 5.29. The Labute approximate surface area is 135 Å². The fraction of sp³-hybridized carbons (Fsp3) is 0.562. The van der Waals surface area contributed by atoms with Crippen molar-refractivity contribution in [3.05, 3.63) is 35.1 Å². The summed E-state index contributed by atoms with van der Waals surface area (Å²) >= 11 is 1.69. The molecule has 1 aliphatic heterocycles. The first kappa shape index (κ1) is 17.1. The zero-order chi connectivity index (χ0) is 15.8. The molecule has 22 heavy (non-hydrogen) atoms. The van der Waals surface area contributed by atoms with Crippen LogP contribution in [0.5, 0.6) is 0 Å². The minimum absolute atomic E-state index is 0.186. The van der Waals surface area contributed by atoms with Crippen molar-refractivity contribution >= 4 is 17.7 Å². The van der Waals surface area contributed by atoms with E-state index in [-0.39, 0.29) is 11.9 Å². The van der Waals surface area contributed by atoms with Crippen LogP contribution in [0.15, 0.2) is 23.2 Å². The van der Waals surface area contributed by atoms with Crippen LogP contribution < -0.4 is 10.6 Å². The van der Waals surface area contributed by atoms with E-state index in [0.29, 0.717) is 6.54 Å². The number of thioether (sulfide) groups is 1. The Morgan fingerprint density at radius 1 is 1.41 bits per heavy atom. The van der Waals surface area contributed by atoms with Gasteiger partial charge in [0, 0.05) is 32.5 Å². The van der Waals surface area contributed by atoms with Crippen LogP contribution in [0.3, 0.4) is 0 Å². The molecule has 2 rings (SSSR count). The van der Waals surface area contributed by atoms with Crippen molar-refractivity contribution in [3.63, 3.8) is 0 Å². The highest BCUT2D eigenvalue weighted by Gasteiger charge is 2.15. The molecule has 6 heteroatoms. The van der Waals surface area contributed by atoms with Gasteiger partial charge in [0.05, 0.1) is 6.10 Å². The van der Waals surface area contributed by atoms with Crippen LogP contribution in [0.1, 0.15) is 24.0 Å². The third-order valence-corrected chi connectivity index (χ3v) is 4.26. The number of guanidine groups is 1. The molecular weight excluding hydrogens is 301 g/mol. The van der Waals surface area contributed by atoms with Crippen molar-refractivity contribution in [2.75, 3.05) is 26.5 Å². The van der Waals surface area contributed by atoms with E-state index in [1.54, 1.807) is 24.9 Å². The molecular formula is C16H24FN3OS. The van der Waals surface area contributed by atoms with Gasteiger partial charge in [0.2, 0.25) is 0 Å². The number of hydrogen-bond acceptors (Lipinski definition) is 3. The van der Waals surface area contributed by atoms with E-state index >= 15 is 0 Å².